The maximum Gasteiger partial charge on any atom is 0.0999 e. The first-order chi connectivity index (χ1) is 9.54. The summed E-state index contributed by atoms with van der Waals surface area (Å²) >= 11 is 6.23. The molecule has 1 N–H and O–H groups in total. The molecule has 1 aromatic rings. The molecule has 20 heavy (non-hydrogen) atoms. The summed E-state index contributed by atoms with van der Waals surface area (Å²) in [5.41, 5.74) is 0.821. The quantitative estimate of drug-likeness (QED) is 0.872. The largest absolute Gasteiger partial charge is 0.386 e. The Kier molecular flexibility index (Phi) is 5.50. The molecule has 114 valence electrons. The number of hydrogen-bond donors (Lipinski definition) is 1. The van der Waals surface area contributed by atoms with Crippen LogP contribution in [-0.4, -0.2) is 14.9 Å². The molecule has 0 spiro atoms. The van der Waals surface area contributed by atoms with Crippen LogP contribution in [0.1, 0.15) is 64.7 Å². The van der Waals surface area contributed by atoms with Crippen molar-refractivity contribution in [3.63, 3.8) is 0 Å². The first kappa shape index (κ1) is 15.8. The zero-order chi connectivity index (χ0) is 14.7. The van der Waals surface area contributed by atoms with Gasteiger partial charge in [0.15, 0.2) is 0 Å². The number of aromatic nitrogens is 2. The molecule has 1 heterocycles. The molecular formula is C16H27ClN2O. The molecule has 3 nitrogen and oxygen atoms in total. The van der Waals surface area contributed by atoms with Crippen molar-refractivity contribution < 1.29 is 5.11 Å². The standard InChI is InChI=1S/C16H27ClN2O/c1-4-9-19-15(14(17)10-18-19)16(20)13-7-5-12(6-8-13)11(2)3/h10-13,16,20H,4-9H2,1-3H3. The lowest BCUT2D eigenvalue weighted by molar-refractivity contribution is 0.0600. The fourth-order valence-corrected chi connectivity index (χ4v) is 3.66. The highest BCUT2D eigenvalue weighted by Crippen LogP contribution is 2.40. The van der Waals surface area contributed by atoms with E-state index in [0.717, 1.165) is 43.3 Å². The number of hydrogen-bond acceptors (Lipinski definition) is 2. The van der Waals surface area contributed by atoms with E-state index < -0.39 is 6.10 Å². The van der Waals surface area contributed by atoms with Gasteiger partial charge in [0.1, 0.15) is 0 Å². The highest BCUT2D eigenvalue weighted by Gasteiger charge is 2.31. The molecular weight excluding hydrogens is 272 g/mol. The summed E-state index contributed by atoms with van der Waals surface area (Å²) < 4.78 is 1.88. The Morgan fingerprint density at radius 1 is 1.30 bits per heavy atom. The van der Waals surface area contributed by atoms with Gasteiger partial charge in [-0.2, -0.15) is 5.10 Å². The third kappa shape index (κ3) is 3.37. The molecule has 0 aromatic carbocycles. The van der Waals surface area contributed by atoms with Crippen molar-refractivity contribution in [1.29, 1.82) is 0 Å². The average Bonchev–Trinajstić information content (AvgIpc) is 2.79. The molecule has 0 amide bonds. The van der Waals surface area contributed by atoms with Gasteiger partial charge in [-0.1, -0.05) is 32.4 Å². The molecule has 0 saturated heterocycles. The summed E-state index contributed by atoms with van der Waals surface area (Å²) in [6.07, 6.45) is 6.82. The van der Waals surface area contributed by atoms with Crippen molar-refractivity contribution in [2.75, 3.05) is 0 Å². The van der Waals surface area contributed by atoms with Crippen LogP contribution in [0, 0.1) is 17.8 Å². The fourth-order valence-electron chi connectivity index (χ4n) is 3.41. The number of aliphatic hydroxyl groups excluding tert-OH is 1. The summed E-state index contributed by atoms with van der Waals surface area (Å²) in [4.78, 5) is 0. The molecule has 1 aliphatic carbocycles. The van der Waals surface area contributed by atoms with Crippen molar-refractivity contribution in [2.45, 2.75) is 65.5 Å². The lowest BCUT2D eigenvalue weighted by atomic mass is 9.75. The van der Waals surface area contributed by atoms with Crippen LogP contribution in [0.3, 0.4) is 0 Å². The molecule has 1 unspecified atom stereocenters. The molecule has 0 radical (unpaired) electrons. The fraction of sp³-hybridized carbons (Fsp3) is 0.812. The van der Waals surface area contributed by atoms with E-state index in [1.807, 2.05) is 4.68 Å². The number of aliphatic hydroxyl groups is 1. The van der Waals surface area contributed by atoms with Gasteiger partial charge >= 0.3 is 0 Å². The van der Waals surface area contributed by atoms with E-state index in [4.69, 9.17) is 11.6 Å². The summed E-state index contributed by atoms with van der Waals surface area (Å²) in [6, 6.07) is 0. The lowest BCUT2D eigenvalue weighted by Gasteiger charge is -2.33. The van der Waals surface area contributed by atoms with Crippen LogP contribution in [0.25, 0.3) is 0 Å². The summed E-state index contributed by atoms with van der Waals surface area (Å²) in [7, 11) is 0. The van der Waals surface area contributed by atoms with Gasteiger partial charge in [-0.05, 0) is 49.9 Å². The summed E-state index contributed by atoms with van der Waals surface area (Å²) in [5, 5.41) is 15.6. The lowest BCUT2D eigenvalue weighted by Crippen LogP contribution is -2.24. The Labute approximate surface area is 127 Å². The Hall–Kier alpha value is -0.540. The summed E-state index contributed by atoms with van der Waals surface area (Å²) in [6.45, 7) is 7.53. The zero-order valence-corrected chi connectivity index (χ0v) is 13.6. The third-order valence-electron chi connectivity index (χ3n) is 4.75. The zero-order valence-electron chi connectivity index (χ0n) is 12.8. The summed E-state index contributed by atoms with van der Waals surface area (Å²) in [5.74, 6) is 1.89. The van der Waals surface area contributed by atoms with E-state index in [2.05, 4.69) is 25.9 Å². The molecule has 4 heteroatoms. The maximum absolute atomic E-state index is 10.7. The van der Waals surface area contributed by atoms with E-state index in [0.29, 0.717) is 10.9 Å². The monoisotopic (exact) mass is 298 g/mol. The smallest absolute Gasteiger partial charge is 0.0999 e. The molecule has 1 saturated carbocycles. The molecule has 1 aromatic heterocycles. The maximum atomic E-state index is 10.7. The first-order valence-corrected chi connectivity index (χ1v) is 8.31. The molecule has 1 fully saturated rings. The van der Waals surface area contributed by atoms with Crippen LogP contribution < -0.4 is 0 Å². The van der Waals surface area contributed by atoms with E-state index in [1.165, 1.54) is 12.8 Å². The van der Waals surface area contributed by atoms with Gasteiger partial charge < -0.3 is 5.11 Å². The predicted octanol–water partition coefficient (Wildman–Crippen LogP) is 4.44. The number of halogens is 1. The van der Waals surface area contributed by atoms with E-state index >= 15 is 0 Å². The van der Waals surface area contributed by atoms with Crippen LogP contribution in [0.5, 0.6) is 0 Å². The van der Waals surface area contributed by atoms with Gasteiger partial charge in [0, 0.05) is 6.54 Å². The number of nitrogens with zero attached hydrogens (tertiary/aromatic N) is 2. The molecule has 0 aliphatic heterocycles. The van der Waals surface area contributed by atoms with Crippen molar-refractivity contribution in [3.05, 3.63) is 16.9 Å². The minimum absolute atomic E-state index is 0.329. The highest BCUT2D eigenvalue weighted by molar-refractivity contribution is 6.31. The number of aryl methyl sites for hydroxylation is 1. The van der Waals surface area contributed by atoms with Crippen LogP contribution in [0.4, 0.5) is 0 Å². The van der Waals surface area contributed by atoms with Crippen molar-refractivity contribution in [3.8, 4) is 0 Å². The molecule has 1 aliphatic rings. The SMILES string of the molecule is CCCn1ncc(Cl)c1C(O)C1CCC(C(C)C)CC1. The van der Waals surface area contributed by atoms with Gasteiger partial charge in [-0.25, -0.2) is 0 Å². The van der Waals surface area contributed by atoms with Gasteiger partial charge in [0.25, 0.3) is 0 Å². The first-order valence-electron chi connectivity index (χ1n) is 7.93. The second kappa shape index (κ2) is 6.95. The van der Waals surface area contributed by atoms with Crippen LogP contribution >= 0.6 is 11.6 Å². The normalized spacial score (nSPS) is 25.1. The van der Waals surface area contributed by atoms with Crippen molar-refractivity contribution in [1.82, 2.24) is 9.78 Å². The predicted molar refractivity (Wildman–Crippen MR) is 82.8 cm³/mol. The Morgan fingerprint density at radius 2 is 1.90 bits per heavy atom. The second-order valence-electron chi connectivity index (χ2n) is 6.46. The second-order valence-corrected chi connectivity index (χ2v) is 6.87. The minimum atomic E-state index is -0.468. The minimum Gasteiger partial charge on any atom is -0.386 e. The average molecular weight is 299 g/mol. The Bertz CT molecular complexity index is 422. The van der Waals surface area contributed by atoms with E-state index in [9.17, 15) is 5.11 Å². The third-order valence-corrected chi connectivity index (χ3v) is 5.05. The molecule has 0 bridgehead atoms. The van der Waals surface area contributed by atoms with Gasteiger partial charge in [0.2, 0.25) is 0 Å². The van der Waals surface area contributed by atoms with Gasteiger partial charge in [-0.3, -0.25) is 4.68 Å². The van der Waals surface area contributed by atoms with Gasteiger partial charge in [-0.15, -0.1) is 0 Å². The topological polar surface area (TPSA) is 38.0 Å². The van der Waals surface area contributed by atoms with Crippen molar-refractivity contribution in [2.24, 2.45) is 17.8 Å². The highest BCUT2D eigenvalue weighted by atomic mass is 35.5. The molecule has 2 rings (SSSR count). The van der Waals surface area contributed by atoms with Crippen LogP contribution in [-0.2, 0) is 6.54 Å². The van der Waals surface area contributed by atoms with E-state index in [1.54, 1.807) is 6.20 Å². The van der Waals surface area contributed by atoms with Crippen LogP contribution in [0.2, 0.25) is 5.02 Å². The Balaban J connectivity index is 2.05. The van der Waals surface area contributed by atoms with Crippen LogP contribution in [0.15, 0.2) is 6.20 Å². The number of rotatable bonds is 5. The van der Waals surface area contributed by atoms with E-state index in [-0.39, 0.29) is 0 Å². The van der Waals surface area contributed by atoms with Crippen molar-refractivity contribution >= 4 is 11.6 Å². The van der Waals surface area contributed by atoms with Gasteiger partial charge in [0.05, 0.1) is 23.0 Å². The molecule has 1 atom stereocenters. The Morgan fingerprint density at radius 3 is 2.45 bits per heavy atom.